The van der Waals surface area contributed by atoms with Crippen LogP contribution in [0.2, 0.25) is 0 Å². The fourth-order valence-corrected chi connectivity index (χ4v) is 3.26. The first kappa shape index (κ1) is 12.6. The van der Waals surface area contributed by atoms with E-state index in [1.807, 2.05) is 11.3 Å². The molecule has 0 unspecified atom stereocenters. The Hall–Kier alpha value is -0.870. The van der Waals surface area contributed by atoms with Crippen molar-refractivity contribution < 1.29 is 9.90 Å². The van der Waals surface area contributed by atoms with Crippen LogP contribution in [0.15, 0.2) is 12.1 Å². The average molecular weight is 253 g/mol. The second-order valence-corrected chi connectivity index (χ2v) is 5.86. The van der Waals surface area contributed by atoms with Crippen molar-refractivity contribution in [2.24, 2.45) is 5.92 Å². The number of likely N-dealkylation sites (tertiary alicyclic amines) is 1. The van der Waals surface area contributed by atoms with Crippen LogP contribution in [-0.2, 0) is 17.8 Å². The number of hydrogen-bond acceptors (Lipinski definition) is 3. The molecular weight excluding hydrogens is 234 g/mol. The summed E-state index contributed by atoms with van der Waals surface area (Å²) in [5.41, 5.74) is 0. The molecule has 0 bridgehead atoms. The number of rotatable bonds is 4. The Labute approximate surface area is 106 Å². The van der Waals surface area contributed by atoms with Crippen molar-refractivity contribution in [3.63, 3.8) is 0 Å². The molecule has 1 aromatic rings. The summed E-state index contributed by atoms with van der Waals surface area (Å²) in [5.74, 6) is -0.755. The molecule has 0 radical (unpaired) electrons. The van der Waals surface area contributed by atoms with Gasteiger partial charge < -0.3 is 5.11 Å². The van der Waals surface area contributed by atoms with Crippen LogP contribution in [0.5, 0.6) is 0 Å². The fourth-order valence-electron chi connectivity index (χ4n) is 2.26. The lowest BCUT2D eigenvalue weighted by molar-refractivity contribution is -0.143. The molecule has 94 valence electrons. The van der Waals surface area contributed by atoms with E-state index in [0.29, 0.717) is 0 Å². The molecule has 0 aliphatic carbocycles. The number of carbonyl (C=O) groups is 1. The number of thiophene rings is 1. The summed E-state index contributed by atoms with van der Waals surface area (Å²) < 4.78 is 0. The van der Waals surface area contributed by atoms with Crippen molar-refractivity contribution in [2.75, 3.05) is 13.1 Å². The van der Waals surface area contributed by atoms with Gasteiger partial charge in [0.1, 0.15) is 0 Å². The van der Waals surface area contributed by atoms with Crippen molar-refractivity contribution in [1.29, 1.82) is 0 Å². The average Bonchev–Trinajstić information content (AvgIpc) is 2.77. The Bertz CT molecular complexity index is 381. The minimum absolute atomic E-state index is 0.124. The van der Waals surface area contributed by atoms with E-state index < -0.39 is 5.97 Å². The van der Waals surface area contributed by atoms with Crippen molar-refractivity contribution in [2.45, 2.75) is 32.7 Å². The summed E-state index contributed by atoms with van der Waals surface area (Å²) in [6.07, 6.45) is 2.69. The molecule has 4 heteroatoms. The smallest absolute Gasteiger partial charge is 0.306 e. The van der Waals surface area contributed by atoms with Gasteiger partial charge in [-0.1, -0.05) is 6.92 Å². The van der Waals surface area contributed by atoms with E-state index in [2.05, 4.69) is 24.0 Å². The van der Waals surface area contributed by atoms with E-state index >= 15 is 0 Å². The molecule has 0 saturated carbocycles. The summed E-state index contributed by atoms with van der Waals surface area (Å²) in [6, 6.07) is 4.40. The molecule has 0 atom stereocenters. The molecule has 0 spiro atoms. The van der Waals surface area contributed by atoms with E-state index in [9.17, 15) is 4.79 Å². The summed E-state index contributed by atoms with van der Waals surface area (Å²) in [6.45, 7) is 4.98. The lowest BCUT2D eigenvalue weighted by atomic mass is 9.97. The van der Waals surface area contributed by atoms with Gasteiger partial charge in [-0.25, -0.2) is 0 Å². The third-order valence-corrected chi connectivity index (χ3v) is 4.60. The van der Waals surface area contributed by atoms with Crippen molar-refractivity contribution in [1.82, 2.24) is 4.90 Å². The summed E-state index contributed by atoms with van der Waals surface area (Å²) >= 11 is 1.88. The molecule has 2 rings (SSSR count). The highest BCUT2D eigenvalue weighted by molar-refractivity contribution is 7.11. The molecule has 1 aliphatic heterocycles. The number of aliphatic carboxylic acids is 1. The van der Waals surface area contributed by atoms with Gasteiger partial charge in [0, 0.05) is 16.3 Å². The van der Waals surface area contributed by atoms with Gasteiger partial charge in [-0.05, 0) is 44.5 Å². The third-order valence-electron chi connectivity index (χ3n) is 3.38. The maximum Gasteiger partial charge on any atom is 0.306 e. The number of piperidine rings is 1. The Balaban J connectivity index is 1.83. The maximum absolute atomic E-state index is 10.8. The third kappa shape index (κ3) is 3.30. The van der Waals surface area contributed by atoms with E-state index in [4.69, 9.17) is 5.11 Å². The Morgan fingerprint density at radius 3 is 2.59 bits per heavy atom. The van der Waals surface area contributed by atoms with Crippen LogP contribution in [0.4, 0.5) is 0 Å². The molecule has 2 heterocycles. The SMILES string of the molecule is CCc1ccc(CN2CCC(C(=O)O)CC2)s1. The van der Waals surface area contributed by atoms with Crippen LogP contribution in [0.3, 0.4) is 0 Å². The number of aryl methyl sites for hydroxylation is 1. The van der Waals surface area contributed by atoms with Crippen LogP contribution in [0.25, 0.3) is 0 Å². The highest BCUT2D eigenvalue weighted by Gasteiger charge is 2.24. The molecule has 1 aromatic heterocycles. The molecule has 3 nitrogen and oxygen atoms in total. The highest BCUT2D eigenvalue weighted by atomic mass is 32.1. The maximum atomic E-state index is 10.8. The molecule has 1 aliphatic rings. The largest absolute Gasteiger partial charge is 0.481 e. The van der Waals surface area contributed by atoms with Gasteiger partial charge in [0.15, 0.2) is 0 Å². The second kappa shape index (κ2) is 5.65. The predicted octanol–water partition coefficient (Wildman–Crippen LogP) is 2.61. The van der Waals surface area contributed by atoms with Crippen LogP contribution < -0.4 is 0 Å². The lowest BCUT2D eigenvalue weighted by Crippen LogP contribution is -2.35. The summed E-state index contributed by atoms with van der Waals surface area (Å²) in [4.78, 5) is 16.0. The first-order valence-electron chi connectivity index (χ1n) is 6.21. The van der Waals surface area contributed by atoms with Gasteiger partial charge >= 0.3 is 5.97 Å². The standard InChI is InChI=1S/C13H19NO2S/c1-2-11-3-4-12(17-11)9-14-7-5-10(6-8-14)13(15)16/h3-4,10H,2,5-9H2,1H3,(H,15,16). The van der Waals surface area contributed by atoms with Gasteiger partial charge in [0.05, 0.1) is 5.92 Å². The minimum atomic E-state index is -0.631. The first-order chi connectivity index (χ1) is 8.19. The van der Waals surface area contributed by atoms with Gasteiger partial charge in [0.25, 0.3) is 0 Å². The summed E-state index contributed by atoms with van der Waals surface area (Å²) in [7, 11) is 0. The molecule has 0 aromatic carbocycles. The van der Waals surface area contributed by atoms with Crippen molar-refractivity contribution in [3.8, 4) is 0 Å². The number of carboxylic acid groups (broad SMARTS) is 1. The Morgan fingerprint density at radius 1 is 1.41 bits per heavy atom. The monoisotopic (exact) mass is 253 g/mol. The molecular formula is C13H19NO2S. The van der Waals surface area contributed by atoms with E-state index in [1.54, 1.807) is 0 Å². The van der Waals surface area contributed by atoms with Gasteiger partial charge in [-0.2, -0.15) is 0 Å². The predicted molar refractivity (Wildman–Crippen MR) is 69.3 cm³/mol. The zero-order valence-electron chi connectivity index (χ0n) is 10.2. The van der Waals surface area contributed by atoms with Crippen LogP contribution in [0.1, 0.15) is 29.5 Å². The van der Waals surface area contributed by atoms with Gasteiger partial charge in [-0.3, -0.25) is 9.69 Å². The topological polar surface area (TPSA) is 40.5 Å². The highest BCUT2D eigenvalue weighted by Crippen LogP contribution is 2.22. The minimum Gasteiger partial charge on any atom is -0.481 e. The van der Waals surface area contributed by atoms with Gasteiger partial charge in [-0.15, -0.1) is 11.3 Å². The van der Waals surface area contributed by atoms with Crippen LogP contribution in [0, 0.1) is 5.92 Å². The Kier molecular flexibility index (Phi) is 4.18. The normalized spacial score (nSPS) is 18.4. The van der Waals surface area contributed by atoms with E-state index in [1.165, 1.54) is 9.75 Å². The van der Waals surface area contributed by atoms with Crippen LogP contribution in [-0.4, -0.2) is 29.1 Å². The second-order valence-electron chi connectivity index (χ2n) is 4.61. The van der Waals surface area contributed by atoms with Crippen molar-refractivity contribution in [3.05, 3.63) is 21.9 Å². The van der Waals surface area contributed by atoms with E-state index in [-0.39, 0.29) is 5.92 Å². The molecule has 1 fully saturated rings. The molecule has 17 heavy (non-hydrogen) atoms. The van der Waals surface area contributed by atoms with Crippen molar-refractivity contribution >= 4 is 17.3 Å². The first-order valence-corrected chi connectivity index (χ1v) is 7.03. The van der Waals surface area contributed by atoms with Crippen LogP contribution >= 0.6 is 11.3 Å². The number of nitrogens with zero attached hydrogens (tertiary/aromatic N) is 1. The van der Waals surface area contributed by atoms with E-state index in [0.717, 1.165) is 38.9 Å². The zero-order chi connectivity index (χ0) is 12.3. The molecule has 0 amide bonds. The van der Waals surface area contributed by atoms with Gasteiger partial charge in [0.2, 0.25) is 0 Å². The quantitative estimate of drug-likeness (QED) is 0.896. The summed E-state index contributed by atoms with van der Waals surface area (Å²) in [5, 5.41) is 8.93. The molecule has 1 saturated heterocycles. The fraction of sp³-hybridized carbons (Fsp3) is 0.615. The zero-order valence-corrected chi connectivity index (χ0v) is 11.0. The number of hydrogen-bond donors (Lipinski definition) is 1. The number of carboxylic acids is 1. The molecule has 1 N–H and O–H groups in total. The Morgan fingerprint density at radius 2 is 2.06 bits per heavy atom. The lowest BCUT2D eigenvalue weighted by Gasteiger charge is -2.29.